The van der Waals surface area contributed by atoms with Crippen molar-refractivity contribution < 1.29 is 21.5 Å². The van der Waals surface area contributed by atoms with Gasteiger partial charge in [0.1, 0.15) is 0 Å². The van der Waals surface area contributed by atoms with Gasteiger partial charge in [0.2, 0.25) is 0 Å². The van der Waals surface area contributed by atoms with Crippen molar-refractivity contribution in [3.63, 3.8) is 0 Å². The number of quaternary nitrogens is 1. The minimum atomic E-state index is 0. The summed E-state index contributed by atoms with van der Waals surface area (Å²) in [6, 6.07) is 0. The zero-order valence-corrected chi connectivity index (χ0v) is 32.6. The molecule has 0 amide bonds. The van der Waals surface area contributed by atoms with E-state index in [4.69, 9.17) is 0 Å². The summed E-state index contributed by atoms with van der Waals surface area (Å²) in [4.78, 5) is 0. The number of hydrogen-bond donors (Lipinski definition) is 1. The van der Waals surface area contributed by atoms with Gasteiger partial charge in [-0.3, -0.25) is 0 Å². The van der Waals surface area contributed by atoms with Crippen LogP contribution in [0.1, 0.15) is 213 Å². The summed E-state index contributed by atoms with van der Waals surface area (Å²) in [6.07, 6.45) is 43.8. The lowest BCUT2D eigenvalue weighted by Crippen LogP contribution is -3.00. The Morgan fingerprint density at radius 1 is 0.293 bits per heavy atom. The quantitative estimate of drug-likeness (QED) is 0.0533. The lowest BCUT2D eigenvalue weighted by molar-refractivity contribution is -0.910. The molecule has 0 aliphatic heterocycles. The van der Waals surface area contributed by atoms with Gasteiger partial charge in [-0.25, -0.2) is 0 Å². The van der Waals surface area contributed by atoms with Crippen molar-refractivity contribution in [3.8, 4) is 0 Å². The second-order valence-corrected chi connectivity index (χ2v) is 13.3. The zero-order valence-electron chi connectivity index (χ0n) is 29.3. The highest BCUT2D eigenvalue weighted by Gasteiger charge is 2.20. The Morgan fingerprint density at radius 3 is 0.610 bits per heavy atom. The highest BCUT2D eigenvalue weighted by atomic mass is 79.9. The standard InChI is InChI=1S/C37H78N.2BrH.H3N/c1-5-8-11-14-17-20-23-26-29-32-35-38(4,36-33-30-27-24-21-18-15-12-9-6-2)37-34-31-28-25-22-19-16-13-10-7-3;;;/h5-37H2,1-4H3;2*1H;1H3/q+1;;;/p-1. The van der Waals surface area contributed by atoms with Gasteiger partial charge in [0.05, 0.1) is 26.7 Å². The van der Waals surface area contributed by atoms with Crippen molar-refractivity contribution in [1.29, 1.82) is 0 Å². The van der Waals surface area contributed by atoms with Gasteiger partial charge in [-0.15, -0.1) is 17.0 Å². The first-order valence-corrected chi connectivity index (χ1v) is 18.5. The summed E-state index contributed by atoms with van der Waals surface area (Å²) in [7, 11) is 2.61. The van der Waals surface area contributed by atoms with Gasteiger partial charge < -0.3 is 27.6 Å². The molecule has 0 aromatic heterocycles. The monoisotopic (exact) mass is 712 g/mol. The van der Waals surface area contributed by atoms with Crippen LogP contribution in [0.15, 0.2) is 0 Å². The molecular weight excluding hydrogens is 632 g/mol. The van der Waals surface area contributed by atoms with Crippen LogP contribution in [0.5, 0.6) is 0 Å². The molecule has 0 aliphatic rings. The Kier molecular flexibility index (Phi) is 48.6. The molecule has 0 rings (SSSR count). The number of halogens is 2. The zero-order chi connectivity index (χ0) is 27.8. The Bertz CT molecular complexity index is 373. The fraction of sp³-hybridized carbons (Fsp3) is 1.00. The SMILES string of the molecule is Br.CCCCCCCCCCCC[N+](C)(CCCCCCCCCCCC)CCCCCCCCCCCC.N.[Br-]. The van der Waals surface area contributed by atoms with Crippen LogP contribution in [-0.4, -0.2) is 31.2 Å². The Labute approximate surface area is 283 Å². The second-order valence-electron chi connectivity index (χ2n) is 13.3. The number of nitrogens with zero attached hydrogens (tertiary/aromatic N) is 1. The van der Waals surface area contributed by atoms with E-state index in [2.05, 4.69) is 27.8 Å². The molecule has 0 saturated carbocycles. The Hall–Kier alpha value is 0.880. The summed E-state index contributed by atoms with van der Waals surface area (Å²) < 4.78 is 1.37. The average molecular weight is 715 g/mol. The van der Waals surface area contributed by atoms with E-state index in [1.165, 1.54) is 217 Å². The van der Waals surface area contributed by atoms with Crippen LogP contribution in [0.2, 0.25) is 0 Å². The van der Waals surface area contributed by atoms with Crippen LogP contribution >= 0.6 is 17.0 Å². The van der Waals surface area contributed by atoms with E-state index in [-0.39, 0.29) is 40.1 Å². The van der Waals surface area contributed by atoms with E-state index < -0.39 is 0 Å². The van der Waals surface area contributed by atoms with E-state index in [0.717, 1.165) is 0 Å². The number of rotatable bonds is 33. The van der Waals surface area contributed by atoms with Crippen molar-refractivity contribution in [1.82, 2.24) is 6.15 Å². The fourth-order valence-electron chi connectivity index (χ4n) is 6.28. The van der Waals surface area contributed by atoms with Gasteiger partial charge >= 0.3 is 0 Å². The first-order chi connectivity index (χ1) is 18.7. The van der Waals surface area contributed by atoms with Crippen LogP contribution in [0.4, 0.5) is 0 Å². The normalized spacial score (nSPS) is 11.1. The van der Waals surface area contributed by atoms with Crippen LogP contribution in [-0.2, 0) is 0 Å². The van der Waals surface area contributed by atoms with Crippen molar-refractivity contribution in [2.75, 3.05) is 26.7 Å². The molecule has 0 radical (unpaired) electrons. The van der Waals surface area contributed by atoms with E-state index in [0.29, 0.717) is 0 Å². The van der Waals surface area contributed by atoms with E-state index in [1.54, 1.807) is 0 Å². The third-order valence-corrected chi connectivity index (χ3v) is 9.15. The number of hydrogen-bond acceptors (Lipinski definition) is 1. The minimum absolute atomic E-state index is 0. The molecule has 0 heterocycles. The minimum Gasteiger partial charge on any atom is -1.00 e. The summed E-state index contributed by atoms with van der Waals surface area (Å²) in [5, 5.41) is 0. The van der Waals surface area contributed by atoms with E-state index in [1.807, 2.05) is 0 Å². The summed E-state index contributed by atoms with van der Waals surface area (Å²) >= 11 is 0. The third-order valence-electron chi connectivity index (χ3n) is 9.15. The predicted octanol–water partition coefficient (Wildman–Crippen LogP) is 10.9. The lowest BCUT2D eigenvalue weighted by atomic mass is 10.0. The van der Waals surface area contributed by atoms with Crippen molar-refractivity contribution in [2.24, 2.45) is 0 Å². The topological polar surface area (TPSA) is 35.0 Å². The fourth-order valence-corrected chi connectivity index (χ4v) is 6.28. The molecule has 254 valence electrons. The Morgan fingerprint density at radius 2 is 0.439 bits per heavy atom. The number of unbranched alkanes of at least 4 members (excludes halogenated alkanes) is 27. The average Bonchev–Trinajstić information content (AvgIpc) is 2.92. The maximum atomic E-state index is 2.61. The van der Waals surface area contributed by atoms with Gasteiger partial charge in [-0.1, -0.05) is 175 Å². The van der Waals surface area contributed by atoms with Gasteiger partial charge in [0, 0.05) is 0 Å². The summed E-state index contributed by atoms with van der Waals surface area (Å²) in [5.74, 6) is 0. The molecule has 41 heavy (non-hydrogen) atoms. The maximum absolute atomic E-state index is 2.61. The molecule has 2 nitrogen and oxygen atoms in total. The molecule has 3 N–H and O–H groups in total. The molecule has 0 spiro atoms. The van der Waals surface area contributed by atoms with E-state index in [9.17, 15) is 0 Å². The Balaban J connectivity index is -0.00000228. The highest BCUT2D eigenvalue weighted by Crippen LogP contribution is 2.18. The maximum Gasteiger partial charge on any atom is 0.0784 e. The first-order valence-electron chi connectivity index (χ1n) is 18.5. The van der Waals surface area contributed by atoms with Crippen molar-refractivity contribution >= 4 is 17.0 Å². The van der Waals surface area contributed by atoms with Crippen LogP contribution in [0.25, 0.3) is 0 Å². The summed E-state index contributed by atoms with van der Waals surface area (Å²) in [6.45, 7) is 11.3. The molecule has 0 unspecified atom stereocenters. The van der Waals surface area contributed by atoms with Gasteiger partial charge in [0.25, 0.3) is 0 Å². The molecule has 0 aromatic carbocycles. The molecule has 0 atom stereocenters. The van der Waals surface area contributed by atoms with Crippen LogP contribution in [0.3, 0.4) is 0 Å². The molecule has 4 heteroatoms. The second kappa shape index (κ2) is 40.9. The molecule has 0 aliphatic carbocycles. The molecule has 0 saturated heterocycles. The lowest BCUT2D eigenvalue weighted by Gasteiger charge is -2.35. The van der Waals surface area contributed by atoms with Crippen LogP contribution in [0, 0.1) is 0 Å². The predicted molar refractivity (Wildman–Crippen MR) is 192 cm³/mol. The van der Waals surface area contributed by atoms with E-state index >= 15 is 0 Å². The van der Waals surface area contributed by atoms with Crippen molar-refractivity contribution in [2.45, 2.75) is 213 Å². The highest BCUT2D eigenvalue weighted by molar-refractivity contribution is 8.93. The largest absolute Gasteiger partial charge is 1.00 e. The van der Waals surface area contributed by atoms with Gasteiger partial charge in [0.15, 0.2) is 0 Å². The molecule has 0 aromatic rings. The summed E-state index contributed by atoms with van der Waals surface area (Å²) in [5.41, 5.74) is 0. The molecular formula is C37H82Br2N2. The van der Waals surface area contributed by atoms with Gasteiger partial charge in [-0.05, 0) is 38.5 Å². The third kappa shape index (κ3) is 38.9. The molecule has 0 bridgehead atoms. The van der Waals surface area contributed by atoms with Crippen LogP contribution < -0.4 is 23.1 Å². The van der Waals surface area contributed by atoms with Gasteiger partial charge in [-0.2, -0.15) is 0 Å². The van der Waals surface area contributed by atoms with Crippen molar-refractivity contribution in [3.05, 3.63) is 0 Å². The molecule has 0 fully saturated rings. The first kappa shape index (κ1) is 48.8. The smallest absolute Gasteiger partial charge is 0.0784 e.